The molecule has 2 unspecified atom stereocenters. The Morgan fingerprint density at radius 3 is 3.00 bits per heavy atom. The van der Waals surface area contributed by atoms with Crippen LogP contribution in [0.15, 0.2) is 24.3 Å². The van der Waals surface area contributed by atoms with Gasteiger partial charge in [0.2, 0.25) is 0 Å². The van der Waals surface area contributed by atoms with Crippen molar-refractivity contribution in [2.24, 2.45) is 0 Å². The van der Waals surface area contributed by atoms with Crippen molar-refractivity contribution in [3.63, 3.8) is 0 Å². The molecule has 0 radical (unpaired) electrons. The van der Waals surface area contributed by atoms with E-state index in [-0.39, 0.29) is 12.1 Å². The van der Waals surface area contributed by atoms with E-state index in [0.29, 0.717) is 19.8 Å². The molecule has 0 amide bonds. The zero-order chi connectivity index (χ0) is 12.1. The van der Waals surface area contributed by atoms with Crippen LogP contribution in [0.4, 0.5) is 0 Å². The molecule has 1 saturated heterocycles. The van der Waals surface area contributed by atoms with Crippen LogP contribution >= 0.6 is 11.6 Å². The van der Waals surface area contributed by atoms with E-state index in [1.807, 2.05) is 18.2 Å². The molecular weight excluding hydrogens is 238 g/mol. The number of nitrogens with one attached hydrogen (secondary N) is 1. The maximum absolute atomic E-state index is 6.03. The summed E-state index contributed by atoms with van der Waals surface area (Å²) in [5, 5.41) is 4.18. The second-order valence-electron chi connectivity index (χ2n) is 4.07. The summed E-state index contributed by atoms with van der Waals surface area (Å²) in [5.74, 6) is 0. The van der Waals surface area contributed by atoms with Crippen LogP contribution in [-0.4, -0.2) is 32.5 Å². The lowest BCUT2D eigenvalue weighted by molar-refractivity contribution is -0.102. The van der Waals surface area contributed by atoms with Crippen LogP contribution in [0.2, 0.25) is 5.02 Å². The van der Waals surface area contributed by atoms with Gasteiger partial charge in [0.05, 0.1) is 25.9 Å². The quantitative estimate of drug-likeness (QED) is 0.896. The van der Waals surface area contributed by atoms with E-state index < -0.39 is 0 Å². The van der Waals surface area contributed by atoms with Crippen LogP contribution in [0.25, 0.3) is 0 Å². The lowest BCUT2D eigenvalue weighted by atomic mass is 10.0. The fraction of sp³-hybridized carbons (Fsp3) is 0.538. The van der Waals surface area contributed by atoms with Crippen molar-refractivity contribution in [2.75, 3.05) is 26.4 Å². The first-order valence-corrected chi connectivity index (χ1v) is 6.37. The topological polar surface area (TPSA) is 30.5 Å². The molecule has 2 rings (SSSR count). The van der Waals surface area contributed by atoms with E-state index >= 15 is 0 Å². The van der Waals surface area contributed by atoms with Crippen molar-refractivity contribution < 1.29 is 9.47 Å². The molecule has 0 saturated carbocycles. The van der Waals surface area contributed by atoms with Gasteiger partial charge in [0, 0.05) is 5.02 Å². The number of benzene rings is 1. The highest BCUT2D eigenvalue weighted by Crippen LogP contribution is 2.24. The number of hydrogen-bond acceptors (Lipinski definition) is 3. The number of rotatable bonds is 4. The minimum absolute atomic E-state index is 0.0576. The third-order valence-electron chi connectivity index (χ3n) is 2.85. The van der Waals surface area contributed by atoms with Gasteiger partial charge in [0.15, 0.2) is 0 Å². The normalized spacial score (nSPS) is 22.4. The zero-order valence-corrected chi connectivity index (χ0v) is 10.7. The van der Waals surface area contributed by atoms with Crippen LogP contribution in [-0.2, 0) is 9.47 Å². The minimum Gasteiger partial charge on any atom is -0.376 e. The van der Waals surface area contributed by atoms with Gasteiger partial charge in [-0.05, 0) is 24.2 Å². The Morgan fingerprint density at radius 2 is 2.35 bits per heavy atom. The molecule has 4 heteroatoms. The van der Waals surface area contributed by atoms with E-state index in [2.05, 4.69) is 18.3 Å². The summed E-state index contributed by atoms with van der Waals surface area (Å²) >= 11 is 6.03. The van der Waals surface area contributed by atoms with Gasteiger partial charge in [-0.25, -0.2) is 0 Å². The van der Waals surface area contributed by atoms with Gasteiger partial charge < -0.3 is 14.8 Å². The molecule has 1 heterocycles. The van der Waals surface area contributed by atoms with E-state index in [1.165, 1.54) is 0 Å². The van der Waals surface area contributed by atoms with Crippen molar-refractivity contribution in [2.45, 2.75) is 19.1 Å². The molecule has 2 atom stereocenters. The first-order valence-electron chi connectivity index (χ1n) is 5.99. The highest BCUT2D eigenvalue weighted by atomic mass is 35.5. The smallest absolute Gasteiger partial charge is 0.100 e. The van der Waals surface area contributed by atoms with Gasteiger partial charge in [-0.15, -0.1) is 0 Å². The summed E-state index contributed by atoms with van der Waals surface area (Å²) < 4.78 is 11.2. The van der Waals surface area contributed by atoms with Crippen molar-refractivity contribution in [1.29, 1.82) is 0 Å². The molecule has 1 aliphatic rings. The van der Waals surface area contributed by atoms with Crippen molar-refractivity contribution in [3.8, 4) is 0 Å². The van der Waals surface area contributed by atoms with Gasteiger partial charge in [0.25, 0.3) is 0 Å². The molecule has 0 spiro atoms. The summed E-state index contributed by atoms with van der Waals surface area (Å²) in [4.78, 5) is 0. The van der Waals surface area contributed by atoms with Crippen LogP contribution in [0.5, 0.6) is 0 Å². The molecule has 17 heavy (non-hydrogen) atoms. The van der Waals surface area contributed by atoms with Gasteiger partial charge in [-0.3, -0.25) is 0 Å². The lowest BCUT2D eigenvalue weighted by Crippen LogP contribution is -2.40. The Balaban J connectivity index is 2.15. The number of hydrogen-bond donors (Lipinski definition) is 1. The van der Waals surface area contributed by atoms with Gasteiger partial charge in [-0.2, -0.15) is 0 Å². The van der Waals surface area contributed by atoms with E-state index in [0.717, 1.165) is 17.1 Å². The van der Waals surface area contributed by atoms with Crippen LogP contribution in [0.1, 0.15) is 18.5 Å². The van der Waals surface area contributed by atoms with Gasteiger partial charge >= 0.3 is 0 Å². The SMILES string of the molecule is CCNC(c1cccc(Cl)c1)C1COCCO1. The second-order valence-corrected chi connectivity index (χ2v) is 4.51. The lowest BCUT2D eigenvalue weighted by Gasteiger charge is -2.31. The molecule has 0 aliphatic carbocycles. The maximum atomic E-state index is 6.03. The van der Waals surface area contributed by atoms with E-state index in [1.54, 1.807) is 0 Å². The van der Waals surface area contributed by atoms with Crippen molar-refractivity contribution >= 4 is 11.6 Å². The Morgan fingerprint density at radius 1 is 1.47 bits per heavy atom. The highest BCUT2D eigenvalue weighted by molar-refractivity contribution is 6.30. The van der Waals surface area contributed by atoms with Crippen LogP contribution < -0.4 is 5.32 Å². The molecule has 1 N–H and O–H groups in total. The first kappa shape index (κ1) is 12.8. The van der Waals surface area contributed by atoms with E-state index in [4.69, 9.17) is 21.1 Å². The van der Waals surface area contributed by atoms with Crippen LogP contribution in [0, 0.1) is 0 Å². The zero-order valence-electron chi connectivity index (χ0n) is 9.99. The molecule has 1 aromatic carbocycles. The average molecular weight is 256 g/mol. The third kappa shape index (κ3) is 3.42. The predicted molar refractivity (Wildman–Crippen MR) is 68.4 cm³/mol. The average Bonchev–Trinajstić information content (AvgIpc) is 2.37. The van der Waals surface area contributed by atoms with Crippen molar-refractivity contribution in [3.05, 3.63) is 34.9 Å². The number of likely N-dealkylation sites (N-methyl/N-ethyl adjacent to an activating group) is 1. The third-order valence-corrected chi connectivity index (χ3v) is 3.08. The second kappa shape index (κ2) is 6.36. The first-order chi connectivity index (χ1) is 8.31. The molecule has 1 aliphatic heterocycles. The Labute approximate surface area is 107 Å². The summed E-state index contributed by atoms with van der Waals surface area (Å²) in [6.07, 6.45) is 0.0576. The van der Waals surface area contributed by atoms with Gasteiger partial charge in [-0.1, -0.05) is 30.7 Å². The highest BCUT2D eigenvalue weighted by Gasteiger charge is 2.25. The minimum atomic E-state index is 0.0576. The standard InChI is InChI=1S/C13H18ClNO2/c1-2-15-13(12-9-16-6-7-17-12)10-4-3-5-11(14)8-10/h3-5,8,12-13,15H,2,6-7,9H2,1H3. The molecule has 94 valence electrons. The fourth-order valence-electron chi connectivity index (χ4n) is 2.08. The largest absolute Gasteiger partial charge is 0.376 e. The van der Waals surface area contributed by atoms with E-state index in [9.17, 15) is 0 Å². The molecule has 0 bridgehead atoms. The summed E-state index contributed by atoms with van der Waals surface area (Å²) in [5.41, 5.74) is 1.15. The van der Waals surface area contributed by atoms with Crippen LogP contribution in [0.3, 0.4) is 0 Å². The summed E-state index contributed by atoms with van der Waals surface area (Å²) in [6, 6.07) is 8.03. The van der Waals surface area contributed by atoms with Crippen molar-refractivity contribution in [1.82, 2.24) is 5.32 Å². The Kier molecular flexibility index (Phi) is 4.80. The number of ether oxygens (including phenoxy) is 2. The molecule has 0 aromatic heterocycles. The Bertz CT molecular complexity index is 353. The Hall–Kier alpha value is -0.610. The molecule has 1 aromatic rings. The molecule has 1 fully saturated rings. The summed E-state index contributed by atoms with van der Waals surface area (Å²) in [7, 11) is 0. The summed E-state index contributed by atoms with van der Waals surface area (Å²) in [6.45, 7) is 4.94. The fourth-order valence-corrected chi connectivity index (χ4v) is 2.28. The number of halogens is 1. The molecular formula is C13H18ClNO2. The maximum Gasteiger partial charge on any atom is 0.100 e. The predicted octanol–water partition coefficient (Wildman–Crippen LogP) is 2.41. The molecule has 3 nitrogen and oxygen atoms in total. The van der Waals surface area contributed by atoms with Gasteiger partial charge in [0.1, 0.15) is 6.10 Å². The monoisotopic (exact) mass is 255 g/mol.